The number of aromatic nitrogens is 2. The standard InChI is InChI=1S/C24H21F3N4O3.Li/c1-14-2-3-15(22(32)30-19-8-18(10-29-11-19)24(25,26)27)7-21(14)16-4-5-31(13-16)20-6-17(23(33)34)9-28-12-20;/h2-3,6-12,16H,4-5,13H2,1H3,(H,30,32)(H,33,34);/q;+1/p-1/t16-;/m1./s1. The molecular formula is C24H20F3LiN4O3. The number of nitrogens with one attached hydrogen (secondary N) is 1. The number of alkyl halides is 3. The Morgan fingerprint density at radius 3 is 2.51 bits per heavy atom. The topological polar surface area (TPSA) is 98.2 Å². The van der Waals surface area contributed by atoms with Crippen molar-refractivity contribution in [3.63, 3.8) is 0 Å². The molecular weight excluding hydrogens is 456 g/mol. The van der Waals surface area contributed by atoms with Crippen molar-refractivity contribution in [2.75, 3.05) is 23.3 Å². The minimum Gasteiger partial charge on any atom is -0.545 e. The summed E-state index contributed by atoms with van der Waals surface area (Å²) in [6, 6.07) is 7.52. The van der Waals surface area contributed by atoms with Crippen LogP contribution < -0.4 is 34.2 Å². The summed E-state index contributed by atoms with van der Waals surface area (Å²) in [6.45, 7) is 3.20. The Kier molecular flexibility index (Phi) is 7.88. The third-order valence-corrected chi connectivity index (χ3v) is 5.82. The second kappa shape index (κ2) is 10.5. The zero-order chi connectivity index (χ0) is 24.5. The van der Waals surface area contributed by atoms with Gasteiger partial charge < -0.3 is 20.1 Å². The molecule has 1 amide bonds. The number of hydrogen-bond acceptors (Lipinski definition) is 6. The van der Waals surface area contributed by atoms with E-state index in [2.05, 4.69) is 15.3 Å². The molecule has 35 heavy (non-hydrogen) atoms. The molecule has 11 heteroatoms. The Morgan fingerprint density at radius 2 is 1.80 bits per heavy atom. The summed E-state index contributed by atoms with van der Waals surface area (Å²) in [6.07, 6.45) is 0.900. The van der Waals surface area contributed by atoms with Gasteiger partial charge in [-0.05, 0) is 48.7 Å². The second-order valence-corrected chi connectivity index (χ2v) is 8.14. The number of pyridine rings is 2. The molecule has 1 aliphatic rings. The van der Waals surface area contributed by atoms with E-state index in [0.717, 1.165) is 29.8 Å². The summed E-state index contributed by atoms with van der Waals surface area (Å²) < 4.78 is 38.8. The summed E-state index contributed by atoms with van der Waals surface area (Å²) in [7, 11) is 0. The third-order valence-electron chi connectivity index (χ3n) is 5.82. The number of hydrogen-bond donors (Lipinski definition) is 1. The molecule has 0 radical (unpaired) electrons. The van der Waals surface area contributed by atoms with Crippen LogP contribution in [0.1, 0.15) is 49.7 Å². The first-order valence-corrected chi connectivity index (χ1v) is 10.5. The van der Waals surface area contributed by atoms with Crippen molar-refractivity contribution >= 4 is 23.3 Å². The number of benzene rings is 1. The number of anilines is 2. The molecule has 1 atom stereocenters. The fourth-order valence-electron chi connectivity index (χ4n) is 4.05. The molecule has 0 unspecified atom stereocenters. The van der Waals surface area contributed by atoms with Gasteiger partial charge in [-0.3, -0.25) is 14.8 Å². The van der Waals surface area contributed by atoms with Gasteiger partial charge in [-0.25, -0.2) is 0 Å². The molecule has 7 nitrogen and oxygen atoms in total. The summed E-state index contributed by atoms with van der Waals surface area (Å²) in [4.78, 5) is 33.4. The maximum absolute atomic E-state index is 12.9. The SMILES string of the molecule is Cc1ccc(C(=O)Nc2cncc(C(F)(F)F)c2)cc1[C@@H]1CCN(c2cncc(C(=O)[O-])c2)C1.[Li+]. The summed E-state index contributed by atoms with van der Waals surface area (Å²) in [5, 5.41) is 13.6. The number of carbonyl (C=O) groups is 2. The summed E-state index contributed by atoms with van der Waals surface area (Å²) >= 11 is 0. The van der Waals surface area contributed by atoms with Crippen molar-refractivity contribution in [2.45, 2.75) is 25.4 Å². The van der Waals surface area contributed by atoms with Crippen LogP contribution in [0, 0.1) is 6.92 Å². The first-order valence-electron chi connectivity index (χ1n) is 10.5. The quantitative estimate of drug-likeness (QED) is 0.536. The molecule has 0 saturated carbocycles. The van der Waals surface area contributed by atoms with E-state index in [4.69, 9.17) is 0 Å². The zero-order valence-electron chi connectivity index (χ0n) is 19.1. The largest absolute Gasteiger partial charge is 1.00 e. The maximum Gasteiger partial charge on any atom is 1.00 e. The number of nitrogens with zero attached hydrogens (tertiary/aromatic N) is 3. The Hall–Kier alpha value is -3.35. The minimum atomic E-state index is -4.56. The average Bonchev–Trinajstić information content (AvgIpc) is 3.29. The van der Waals surface area contributed by atoms with E-state index in [1.165, 1.54) is 12.3 Å². The first kappa shape index (κ1) is 26.3. The van der Waals surface area contributed by atoms with Gasteiger partial charge in [-0.1, -0.05) is 6.07 Å². The molecule has 1 aromatic carbocycles. The van der Waals surface area contributed by atoms with Crippen LogP contribution in [-0.4, -0.2) is 34.9 Å². The van der Waals surface area contributed by atoms with Crippen LogP contribution in [0.5, 0.6) is 0 Å². The number of carboxylic acid groups (broad SMARTS) is 1. The van der Waals surface area contributed by atoms with Crippen LogP contribution in [0.2, 0.25) is 0 Å². The van der Waals surface area contributed by atoms with E-state index in [1.54, 1.807) is 24.4 Å². The van der Waals surface area contributed by atoms with Crippen LogP contribution in [0.3, 0.4) is 0 Å². The normalized spacial score (nSPS) is 15.4. The Balaban J connectivity index is 0.00000342. The van der Waals surface area contributed by atoms with Gasteiger partial charge >= 0.3 is 25.0 Å². The van der Waals surface area contributed by atoms with Gasteiger partial charge in [0, 0.05) is 42.5 Å². The Morgan fingerprint density at radius 1 is 1.06 bits per heavy atom. The van der Waals surface area contributed by atoms with E-state index < -0.39 is 23.6 Å². The maximum atomic E-state index is 12.9. The molecule has 2 aromatic heterocycles. The smallest absolute Gasteiger partial charge is 0.545 e. The van der Waals surface area contributed by atoms with E-state index in [1.807, 2.05) is 11.8 Å². The van der Waals surface area contributed by atoms with Crippen molar-refractivity contribution in [3.05, 3.63) is 82.9 Å². The van der Waals surface area contributed by atoms with E-state index in [0.29, 0.717) is 30.5 Å². The van der Waals surface area contributed by atoms with Gasteiger partial charge in [0.05, 0.1) is 35.3 Å². The molecule has 1 fully saturated rings. The predicted octanol–water partition coefficient (Wildman–Crippen LogP) is 0.418. The van der Waals surface area contributed by atoms with Gasteiger partial charge in [-0.15, -0.1) is 0 Å². The average molecular weight is 476 g/mol. The number of carbonyl (C=O) groups excluding carboxylic acids is 2. The molecule has 3 heterocycles. The van der Waals surface area contributed by atoms with Gasteiger partial charge in [0.1, 0.15) is 0 Å². The molecule has 1 aliphatic heterocycles. The third kappa shape index (κ3) is 6.02. The van der Waals surface area contributed by atoms with Crippen LogP contribution >= 0.6 is 0 Å². The monoisotopic (exact) mass is 476 g/mol. The summed E-state index contributed by atoms with van der Waals surface area (Å²) in [5.41, 5.74) is 1.92. The molecule has 0 aliphatic carbocycles. The second-order valence-electron chi connectivity index (χ2n) is 8.14. The van der Waals surface area contributed by atoms with Gasteiger partial charge in [0.2, 0.25) is 0 Å². The number of aryl methyl sites for hydroxylation is 1. The molecule has 1 saturated heterocycles. The van der Waals surface area contributed by atoms with Crippen LogP contribution in [0.25, 0.3) is 0 Å². The number of aromatic carboxylic acids is 1. The molecule has 0 bridgehead atoms. The fourth-order valence-corrected chi connectivity index (χ4v) is 4.05. The number of halogens is 3. The van der Waals surface area contributed by atoms with E-state index in [-0.39, 0.29) is 36.0 Å². The van der Waals surface area contributed by atoms with Crippen molar-refractivity contribution in [1.29, 1.82) is 0 Å². The molecule has 176 valence electrons. The van der Waals surface area contributed by atoms with Crippen LogP contribution in [-0.2, 0) is 6.18 Å². The van der Waals surface area contributed by atoms with Crippen LogP contribution in [0.4, 0.5) is 24.5 Å². The number of amides is 1. The van der Waals surface area contributed by atoms with Crippen molar-refractivity contribution < 1.29 is 46.7 Å². The molecule has 4 rings (SSSR count). The van der Waals surface area contributed by atoms with Gasteiger partial charge in [0.15, 0.2) is 0 Å². The fraction of sp³-hybridized carbons (Fsp3) is 0.250. The summed E-state index contributed by atoms with van der Waals surface area (Å²) in [5.74, 6) is -1.76. The van der Waals surface area contributed by atoms with Crippen molar-refractivity contribution in [1.82, 2.24) is 9.97 Å². The van der Waals surface area contributed by atoms with Gasteiger partial charge in [-0.2, -0.15) is 13.2 Å². The zero-order valence-corrected chi connectivity index (χ0v) is 19.1. The Bertz CT molecular complexity index is 1250. The minimum absolute atomic E-state index is 0. The molecule has 0 spiro atoms. The number of rotatable bonds is 5. The van der Waals surface area contributed by atoms with Crippen LogP contribution in [0.15, 0.2) is 55.1 Å². The van der Waals surface area contributed by atoms with E-state index in [9.17, 15) is 27.9 Å². The predicted molar refractivity (Wildman–Crippen MR) is 117 cm³/mol. The Labute approximate surface area is 211 Å². The molecule has 3 aromatic rings. The van der Waals surface area contributed by atoms with Crippen molar-refractivity contribution in [3.8, 4) is 0 Å². The van der Waals surface area contributed by atoms with Gasteiger partial charge in [0.25, 0.3) is 5.91 Å². The van der Waals surface area contributed by atoms with E-state index >= 15 is 0 Å². The first-order chi connectivity index (χ1) is 16.1. The molecule has 1 N–H and O–H groups in total. The van der Waals surface area contributed by atoms with Crippen molar-refractivity contribution in [2.24, 2.45) is 0 Å². The number of carboxylic acids is 1.